The molecule has 0 aliphatic heterocycles. The van der Waals surface area contributed by atoms with Gasteiger partial charge in [0.15, 0.2) is 0 Å². The molecule has 0 fully saturated rings. The molecule has 0 aliphatic carbocycles. The average molecular weight is 275 g/mol. The fourth-order valence-corrected chi connectivity index (χ4v) is 1.64. The molecule has 0 saturated heterocycles. The van der Waals surface area contributed by atoms with Crippen LogP contribution in [-0.2, 0) is 0 Å². The van der Waals surface area contributed by atoms with Crippen molar-refractivity contribution in [3.05, 3.63) is 47.9 Å². The van der Waals surface area contributed by atoms with Crippen LogP contribution in [0.1, 0.15) is 17.3 Å². The summed E-state index contributed by atoms with van der Waals surface area (Å²) >= 11 is 0. The van der Waals surface area contributed by atoms with E-state index in [0.29, 0.717) is 18.2 Å². The molecule has 1 aromatic carbocycles. The number of hydrogen-bond acceptors (Lipinski definition) is 4. The standard InChI is InChI=1S/C14H14FN3O2/c1-2-20-14-12(4-3-7-17-14)18-13(19)10-6-5-9(16)8-11(10)15/h3-8H,2,16H2,1H3,(H,18,19). The Morgan fingerprint density at radius 1 is 1.45 bits per heavy atom. The van der Waals surface area contributed by atoms with E-state index in [9.17, 15) is 9.18 Å². The zero-order valence-electron chi connectivity index (χ0n) is 10.9. The number of rotatable bonds is 4. The van der Waals surface area contributed by atoms with Crippen LogP contribution in [0.5, 0.6) is 5.88 Å². The predicted octanol–water partition coefficient (Wildman–Crippen LogP) is 2.45. The summed E-state index contributed by atoms with van der Waals surface area (Å²) in [5.41, 5.74) is 5.99. The Hall–Kier alpha value is -2.63. The van der Waals surface area contributed by atoms with Gasteiger partial charge in [0.2, 0.25) is 5.88 Å². The van der Waals surface area contributed by atoms with E-state index in [0.717, 1.165) is 6.07 Å². The third-order valence-corrected chi connectivity index (χ3v) is 2.54. The van der Waals surface area contributed by atoms with E-state index in [4.69, 9.17) is 10.5 Å². The number of nitrogen functional groups attached to an aromatic ring is 1. The van der Waals surface area contributed by atoms with E-state index in [1.807, 2.05) is 0 Å². The van der Waals surface area contributed by atoms with Crippen molar-refractivity contribution >= 4 is 17.3 Å². The summed E-state index contributed by atoms with van der Waals surface area (Å²) in [5.74, 6) is -0.972. The lowest BCUT2D eigenvalue weighted by Crippen LogP contribution is -2.15. The quantitative estimate of drug-likeness (QED) is 0.840. The second kappa shape index (κ2) is 6.01. The number of carbonyl (C=O) groups excluding carboxylic acids is 1. The zero-order valence-corrected chi connectivity index (χ0v) is 10.9. The SMILES string of the molecule is CCOc1ncccc1NC(=O)c1ccc(N)cc1F. The predicted molar refractivity (Wildman–Crippen MR) is 74.2 cm³/mol. The molecule has 0 unspecified atom stereocenters. The van der Waals surface area contributed by atoms with Gasteiger partial charge in [-0.15, -0.1) is 0 Å². The number of aromatic nitrogens is 1. The molecule has 2 aromatic rings. The Morgan fingerprint density at radius 3 is 2.95 bits per heavy atom. The van der Waals surface area contributed by atoms with Crippen molar-refractivity contribution in [2.24, 2.45) is 0 Å². The zero-order chi connectivity index (χ0) is 14.5. The Labute approximate surface area is 115 Å². The van der Waals surface area contributed by atoms with Gasteiger partial charge in [-0.05, 0) is 37.3 Å². The number of nitrogens with two attached hydrogens (primary N) is 1. The highest BCUT2D eigenvalue weighted by atomic mass is 19.1. The largest absolute Gasteiger partial charge is 0.476 e. The number of amides is 1. The molecule has 1 heterocycles. The van der Waals surface area contributed by atoms with Gasteiger partial charge in [0.05, 0.1) is 12.2 Å². The Balaban J connectivity index is 2.23. The number of nitrogens with one attached hydrogen (secondary N) is 1. The summed E-state index contributed by atoms with van der Waals surface area (Å²) in [6, 6.07) is 7.17. The van der Waals surface area contributed by atoms with Crippen molar-refractivity contribution in [2.75, 3.05) is 17.7 Å². The van der Waals surface area contributed by atoms with Gasteiger partial charge in [-0.3, -0.25) is 4.79 Å². The van der Waals surface area contributed by atoms with Crippen LogP contribution in [0, 0.1) is 5.82 Å². The summed E-state index contributed by atoms with van der Waals surface area (Å²) in [5, 5.41) is 2.56. The van der Waals surface area contributed by atoms with E-state index in [-0.39, 0.29) is 11.3 Å². The minimum atomic E-state index is -0.677. The normalized spacial score (nSPS) is 10.1. The van der Waals surface area contributed by atoms with Crippen LogP contribution in [0.15, 0.2) is 36.5 Å². The number of ether oxygens (including phenoxy) is 1. The minimum absolute atomic E-state index is 0.0921. The number of halogens is 1. The molecule has 0 saturated carbocycles. The number of carbonyl (C=O) groups is 1. The van der Waals surface area contributed by atoms with Crippen LogP contribution in [0.2, 0.25) is 0 Å². The van der Waals surface area contributed by atoms with Crippen LogP contribution in [-0.4, -0.2) is 17.5 Å². The van der Waals surface area contributed by atoms with Gasteiger partial charge in [-0.25, -0.2) is 9.37 Å². The molecule has 0 aliphatic rings. The molecule has 2 rings (SSSR count). The molecular formula is C14H14FN3O2. The van der Waals surface area contributed by atoms with Crippen molar-refractivity contribution in [3.63, 3.8) is 0 Å². The smallest absolute Gasteiger partial charge is 0.258 e. The lowest BCUT2D eigenvalue weighted by Gasteiger charge is -2.10. The molecule has 104 valence electrons. The summed E-state index contributed by atoms with van der Waals surface area (Å²) in [4.78, 5) is 16.0. The first-order valence-electron chi connectivity index (χ1n) is 6.06. The van der Waals surface area contributed by atoms with Gasteiger partial charge in [-0.1, -0.05) is 0 Å². The van der Waals surface area contributed by atoms with E-state index in [2.05, 4.69) is 10.3 Å². The maximum Gasteiger partial charge on any atom is 0.258 e. The number of pyridine rings is 1. The minimum Gasteiger partial charge on any atom is -0.476 e. The molecule has 1 amide bonds. The fourth-order valence-electron chi connectivity index (χ4n) is 1.64. The number of hydrogen-bond donors (Lipinski definition) is 2. The van der Waals surface area contributed by atoms with Crippen LogP contribution in [0.3, 0.4) is 0 Å². The van der Waals surface area contributed by atoms with Gasteiger partial charge in [0, 0.05) is 11.9 Å². The lowest BCUT2D eigenvalue weighted by molar-refractivity contribution is 0.102. The van der Waals surface area contributed by atoms with Crippen LogP contribution in [0.25, 0.3) is 0 Å². The lowest BCUT2D eigenvalue weighted by atomic mass is 10.2. The molecule has 1 aromatic heterocycles. The third-order valence-electron chi connectivity index (χ3n) is 2.54. The number of nitrogens with zero attached hydrogens (tertiary/aromatic N) is 1. The average Bonchev–Trinajstić information content (AvgIpc) is 2.41. The fraction of sp³-hybridized carbons (Fsp3) is 0.143. The molecule has 5 nitrogen and oxygen atoms in total. The highest BCUT2D eigenvalue weighted by Gasteiger charge is 2.14. The van der Waals surface area contributed by atoms with Gasteiger partial charge >= 0.3 is 0 Å². The molecule has 20 heavy (non-hydrogen) atoms. The van der Waals surface area contributed by atoms with Gasteiger partial charge in [-0.2, -0.15) is 0 Å². The van der Waals surface area contributed by atoms with E-state index >= 15 is 0 Å². The van der Waals surface area contributed by atoms with Gasteiger partial charge in [0.25, 0.3) is 5.91 Å². The van der Waals surface area contributed by atoms with E-state index < -0.39 is 11.7 Å². The summed E-state index contributed by atoms with van der Waals surface area (Å²) < 4.78 is 18.9. The highest BCUT2D eigenvalue weighted by Crippen LogP contribution is 2.22. The highest BCUT2D eigenvalue weighted by molar-refractivity contribution is 6.05. The maximum atomic E-state index is 13.7. The third kappa shape index (κ3) is 3.03. The van der Waals surface area contributed by atoms with E-state index in [1.54, 1.807) is 25.3 Å². The second-order valence-electron chi connectivity index (χ2n) is 3.98. The van der Waals surface area contributed by atoms with Crippen molar-refractivity contribution in [3.8, 4) is 5.88 Å². The molecule has 0 atom stereocenters. The summed E-state index contributed by atoms with van der Waals surface area (Å²) in [6.45, 7) is 2.22. The first kappa shape index (κ1) is 13.8. The monoisotopic (exact) mass is 275 g/mol. The summed E-state index contributed by atoms with van der Waals surface area (Å²) in [6.07, 6.45) is 1.55. The molecule has 6 heteroatoms. The van der Waals surface area contributed by atoms with E-state index in [1.165, 1.54) is 12.1 Å². The van der Waals surface area contributed by atoms with Gasteiger partial charge in [0.1, 0.15) is 11.5 Å². The summed E-state index contributed by atoms with van der Waals surface area (Å²) in [7, 11) is 0. The van der Waals surface area contributed by atoms with Crippen molar-refractivity contribution in [2.45, 2.75) is 6.92 Å². The van der Waals surface area contributed by atoms with Crippen molar-refractivity contribution in [1.82, 2.24) is 4.98 Å². The topological polar surface area (TPSA) is 77.2 Å². The van der Waals surface area contributed by atoms with Crippen LogP contribution in [0.4, 0.5) is 15.8 Å². The number of anilines is 2. The van der Waals surface area contributed by atoms with Gasteiger partial charge < -0.3 is 15.8 Å². The Morgan fingerprint density at radius 2 is 2.25 bits per heavy atom. The first-order valence-corrected chi connectivity index (χ1v) is 6.06. The molecule has 0 radical (unpaired) electrons. The first-order chi connectivity index (χ1) is 9.61. The maximum absolute atomic E-state index is 13.7. The second-order valence-corrected chi connectivity index (χ2v) is 3.98. The molecule has 3 N–H and O–H groups in total. The van der Waals surface area contributed by atoms with Crippen LogP contribution >= 0.6 is 0 Å². The Bertz CT molecular complexity index is 632. The van der Waals surface area contributed by atoms with Crippen LogP contribution < -0.4 is 15.8 Å². The van der Waals surface area contributed by atoms with Crippen molar-refractivity contribution in [1.29, 1.82) is 0 Å². The molecular weight excluding hydrogens is 261 g/mol. The molecule has 0 spiro atoms. The Kier molecular flexibility index (Phi) is 4.14. The number of benzene rings is 1. The molecule has 0 bridgehead atoms. The van der Waals surface area contributed by atoms with Crippen molar-refractivity contribution < 1.29 is 13.9 Å².